The van der Waals surface area contributed by atoms with Gasteiger partial charge in [0.1, 0.15) is 17.4 Å². The Morgan fingerprint density at radius 3 is 2.45 bits per heavy atom. The van der Waals surface area contributed by atoms with Gasteiger partial charge in [0.2, 0.25) is 0 Å². The van der Waals surface area contributed by atoms with Crippen LogP contribution in [-0.2, 0) is 0 Å². The Kier molecular flexibility index (Phi) is 4.26. The topological polar surface area (TPSA) is 35.2 Å². The van der Waals surface area contributed by atoms with E-state index in [1.54, 1.807) is 18.2 Å². The fourth-order valence-corrected chi connectivity index (χ4v) is 2.17. The first-order valence-corrected chi connectivity index (χ1v) is 6.36. The molecule has 1 atom stereocenters. The lowest BCUT2D eigenvalue weighted by Gasteiger charge is -2.17. The normalized spacial score (nSPS) is 12.3. The van der Waals surface area contributed by atoms with Crippen molar-refractivity contribution < 1.29 is 13.5 Å². The highest BCUT2D eigenvalue weighted by Crippen LogP contribution is 2.32. The first kappa shape index (κ1) is 14.8. The quantitative estimate of drug-likeness (QED) is 0.930. The number of hydrogen-bond acceptors (Lipinski definition) is 2. The molecule has 106 valence electrons. The van der Waals surface area contributed by atoms with E-state index in [1.165, 1.54) is 14.0 Å². The van der Waals surface area contributed by atoms with Gasteiger partial charge in [0.05, 0.1) is 13.2 Å². The van der Waals surface area contributed by atoms with Gasteiger partial charge in [0.15, 0.2) is 0 Å². The molecule has 0 fully saturated rings. The fraction of sp³-hybridized carbons (Fsp3) is 0.200. The molecule has 20 heavy (non-hydrogen) atoms. The maximum Gasteiger partial charge on any atom is 0.128 e. The minimum absolute atomic E-state index is 0.0775. The van der Waals surface area contributed by atoms with Crippen molar-refractivity contribution in [3.8, 4) is 5.75 Å². The number of benzene rings is 2. The second kappa shape index (κ2) is 5.77. The van der Waals surface area contributed by atoms with Crippen LogP contribution in [-0.4, -0.2) is 7.11 Å². The summed E-state index contributed by atoms with van der Waals surface area (Å²) in [7, 11) is 1.47. The van der Waals surface area contributed by atoms with E-state index in [-0.39, 0.29) is 11.1 Å². The molecule has 0 aromatic heterocycles. The first-order chi connectivity index (χ1) is 9.43. The molecule has 2 aromatic rings. The summed E-state index contributed by atoms with van der Waals surface area (Å²) < 4.78 is 32.8. The molecule has 1 unspecified atom stereocenters. The van der Waals surface area contributed by atoms with Gasteiger partial charge in [-0.1, -0.05) is 17.7 Å². The molecule has 0 heterocycles. The Bertz CT molecular complexity index is 646. The molecule has 0 saturated heterocycles. The minimum atomic E-state index is -0.836. The molecule has 0 aliphatic heterocycles. The third-order valence-electron chi connectivity index (χ3n) is 3.14. The predicted octanol–water partition coefficient (Wildman–Crippen LogP) is 3.98. The summed E-state index contributed by atoms with van der Waals surface area (Å²) in [5, 5.41) is 0.480. The number of hydrogen-bond donors (Lipinski definition) is 1. The molecule has 2 nitrogen and oxygen atoms in total. The fourth-order valence-electron chi connectivity index (χ4n) is 2.01. The number of aryl methyl sites for hydroxylation is 1. The maximum absolute atomic E-state index is 14.0. The lowest BCUT2D eigenvalue weighted by atomic mass is 9.97. The summed E-state index contributed by atoms with van der Waals surface area (Å²) in [6.07, 6.45) is 0. The summed E-state index contributed by atoms with van der Waals surface area (Å²) in [4.78, 5) is 0. The Balaban J connectivity index is 2.51. The third kappa shape index (κ3) is 2.76. The van der Waals surface area contributed by atoms with Gasteiger partial charge in [-0.2, -0.15) is 0 Å². The van der Waals surface area contributed by atoms with E-state index in [0.29, 0.717) is 16.3 Å². The van der Waals surface area contributed by atoms with Gasteiger partial charge in [-0.3, -0.25) is 0 Å². The summed E-state index contributed by atoms with van der Waals surface area (Å²) in [6.45, 7) is 1.50. The predicted molar refractivity (Wildman–Crippen MR) is 75.1 cm³/mol. The number of rotatable bonds is 3. The lowest BCUT2D eigenvalue weighted by molar-refractivity contribution is 0.407. The molecule has 0 amide bonds. The number of halogens is 3. The van der Waals surface area contributed by atoms with Crippen LogP contribution >= 0.6 is 11.6 Å². The molecule has 5 heteroatoms. The summed E-state index contributed by atoms with van der Waals surface area (Å²) >= 11 is 5.87. The largest absolute Gasteiger partial charge is 0.496 e. The number of ether oxygens (including phenoxy) is 1. The van der Waals surface area contributed by atoms with Gasteiger partial charge in [0.25, 0.3) is 0 Å². The molecule has 0 radical (unpaired) electrons. The number of methoxy groups -OCH3 is 1. The van der Waals surface area contributed by atoms with E-state index in [2.05, 4.69) is 0 Å². The van der Waals surface area contributed by atoms with Crippen LogP contribution in [0.3, 0.4) is 0 Å². The van der Waals surface area contributed by atoms with Crippen LogP contribution in [0, 0.1) is 18.6 Å². The van der Waals surface area contributed by atoms with Crippen LogP contribution in [0.1, 0.15) is 22.7 Å². The molecule has 2 aromatic carbocycles. The monoisotopic (exact) mass is 297 g/mol. The SMILES string of the molecule is COc1cc(Cl)ccc1C(N)c1cc(F)c(C)cc1F. The van der Waals surface area contributed by atoms with E-state index in [1.807, 2.05) is 0 Å². The highest BCUT2D eigenvalue weighted by Gasteiger charge is 2.19. The van der Waals surface area contributed by atoms with Crippen LogP contribution in [0.2, 0.25) is 5.02 Å². The second-order valence-corrected chi connectivity index (χ2v) is 4.92. The van der Waals surface area contributed by atoms with Gasteiger partial charge < -0.3 is 10.5 Å². The Labute approximate surface area is 121 Å². The van der Waals surface area contributed by atoms with Crippen molar-refractivity contribution in [1.82, 2.24) is 0 Å². The Morgan fingerprint density at radius 1 is 1.10 bits per heavy atom. The van der Waals surface area contributed by atoms with Crippen molar-refractivity contribution >= 4 is 11.6 Å². The summed E-state index contributed by atoms with van der Waals surface area (Å²) in [6, 6.07) is 6.26. The van der Waals surface area contributed by atoms with Crippen LogP contribution in [0.5, 0.6) is 5.75 Å². The molecule has 2 N–H and O–H groups in total. The smallest absolute Gasteiger partial charge is 0.128 e. The molecule has 2 rings (SSSR count). The number of nitrogens with two attached hydrogens (primary N) is 1. The average molecular weight is 298 g/mol. The van der Waals surface area contributed by atoms with Crippen molar-refractivity contribution in [3.05, 3.63) is 63.7 Å². The van der Waals surface area contributed by atoms with E-state index >= 15 is 0 Å². The molecular formula is C15H14ClF2NO. The summed E-state index contributed by atoms with van der Waals surface area (Å²) in [5.41, 5.74) is 6.89. The molecule has 0 aliphatic rings. The van der Waals surface area contributed by atoms with Crippen LogP contribution in [0.4, 0.5) is 8.78 Å². The van der Waals surface area contributed by atoms with Crippen molar-refractivity contribution in [1.29, 1.82) is 0 Å². The van der Waals surface area contributed by atoms with Gasteiger partial charge in [0, 0.05) is 16.1 Å². The van der Waals surface area contributed by atoms with Crippen molar-refractivity contribution in [2.24, 2.45) is 5.73 Å². The summed E-state index contributed by atoms with van der Waals surface area (Å²) in [5.74, 6) is -0.608. The third-order valence-corrected chi connectivity index (χ3v) is 3.38. The van der Waals surface area contributed by atoms with E-state index in [9.17, 15) is 8.78 Å². The highest BCUT2D eigenvalue weighted by molar-refractivity contribution is 6.30. The van der Waals surface area contributed by atoms with E-state index in [4.69, 9.17) is 22.1 Å². The average Bonchev–Trinajstić information content (AvgIpc) is 2.42. The minimum Gasteiger partial charge on any atom is -0.496 e. The standard InChI is InChI=1S/C15H14ClF2NO/c1-8-5-13(18)11(7-12(8)17)15(19)10-4-3-9(16)6-14(10)20-2/h3-7,15H,19H2,1-2H3. The maximum atomic E-state index is 14.0. The zero-order valence-electron chi connectivity index (χ0n) is 11.1. The van der Waals surface area contributed by atoms with Crippen molar-refractivity contribution in [2.45, 2.75) is 13.0 Å². The van der Waals surface area contributed by atoms with Crippen molar-refractivity contribution in [3.63, 3.8) is 0 Å². The van der Waals surface area contributed by atoms with Gasteiger partial charge >= 0.3 is 0 Å². The zero-order chi connectivity index (χ0) is 14.9. The zero-order valence-corrected chi connectivity index (χ0v) is 11.8. The van der Waals surface area contributed by atoms with Gasteiger partial charge in [-0.15, -0.1) is 0 Å². The van der Waals surface area contributed by atoms with Gasteiger partial charge in [-0.05, 0) is 36.8 Å². The Hall–Kier alpha value is -1.65. The molecule has 0 aliphatic carbocycles. The second-order valence-electron chi connectivity index (χ2n) is 4.49. The molecule has 0 bridgehead atoms. The van der Waals surface area contributed by atoms with Crippen LogP contribution in [0.15, 0.2) is 30.3 Å². The Morgan fingerprint density at radius 2 is 1.80 bits per heavy atom. The van der Waals surface area contributed by atoms with Crippen molar-refractivity contribution in [2.75, 3.05) is 7.11 Å². The van der Waals surface area contributed by atoms with E-state index in [0.717, 1.165) is 12.1 Å². The van der Waals surface area contributed by atoms with E-state index < -0.39 is 17.7 Å². The van der Waals surface area contributed by atoms with Crippen LogP contribution < -0.4 is 10.5 Å². The van der Waals surface area contributed by atoms with Gasteiger partial charge in [-0.25, -0.2) is 8.78 Å². The molecular weight excluding hydrogens is 284 g/mol. The molecule has 0 spiro atoms. The molecule has 0 saturated carbocycles. The first-order valence-electron chi connectivity index (χ1n) is 5.98. The lowest BCUT2D eigenvalue weighted by Crippen LogP contribution is -2.15. The highest BCUT2D eigenvalue weighted by atomic mass is 35.5. The van der Waals surface area contributed by atoms with Crippen LogP contribution in [0.25, 0.3) is 0 Å².